The summed E-state index contributed by atoms with van der Waals surface area (Å²) in [6, 6.07) is 0. The van der Waals surface area contributed by atoms with E-state index in [1.807, 2.05) is 0 Å². The first kappa shape index (κ1) is 12.1. The number of methoxy groups -OCH3 is 1. The lowest BCUT2D eigenvalue weighted by Gasteiger charge is -2.29. The minimum atomic E-state index is -3.00. The van der Waals surface area contributed by atoms with Gasteiger partial charge in [0.2, 0.25) is 0 Å². The molecule has 1 saturated carbocycles. The second-order valence-electron chi connectivity index (χ2n) is 4.48. The summed E-state index contributed by atoms with van der Waals surface area (Å²) >= 11 is 0. The van der Waals surface area contributed by atoms with E-state index in [4.69, 9.17) is 9.47 Å². The maximum atomic E-state index is 11.2. The zero-order valence-corrected chi connectivity index (χ0v) is 10.3. The predicted molar refractivity (Wildman–Crippen MR) is 60.9 cm³/mol. The molecule has 16 heavy (non-hydrogen) atoms. The van der Waals surface area contributed by atoms with Crippen molar-refractivity contribution < 1.29 is 17.9 Å². The third kappa shape index (κ3) is 3.06. The second-order valence-corrected chi connectivity index (χ2v) is 6.41. The Morgan fingerprint density at radius 1 is 1.25 bits per heavy atom. The van der Waals surface area contributed by atoms with Crippen molar-refractivity contribution in [2.24, 2.45) is 0 Å². The standard InChI is InChI=1S/C11H18O4S/c1-14-9-3-2-4-10(7-9)15-11-5-6-16(12,13)8-11/h5-6,9-11H,2-4,7-8H2,1H3. The van der Waals surface area contributed by atoms with E-state index in [2.05, 4.69) is 0 Å². The van der Waals surface area contributed by atoms with Gasteiger partial charge in [0, 0.05) is 12.5 Å². The van der Waals surface area contributed by atoms with Crippen LogP contribution >= 0.6 is 0 Å². The Bertz CT molecular complexity index is 360. The summed E-state index contributed by atoms with van der Waals surface area (Å²) in [4.78, 5) is 0. The van der Waals surface area contributed by atoms with Crippen molar-refractivity contribution >= 4 is 9.84 Å². The van der Waals surface area contributed by atoms with Crippen molar-refractivity contribution in [2.45, 2.75) is 44.0 Å². The van der Waals surface area contributed by atoms with E-state index in [1.165, 1.54) is 5.41 Å². The van der Waals surface area contributed by atoms with Crippen molar-refractivity contribution in [1.82, 2.24) is 0 Å². The minimum absolute atomic E-state index is 0.0984. The lowest BCUT2D eigenvalue weighted by molar-refractivity contribution is -0.0435. The number of sulfone groups is 1. The van der Waals surface area contributed by atoms with Crippen LogP contribution in [0.3, 0.4) is 0 Å². The molecule has 0 aromatic rings. The summed E-state index contributed by atoms with van der Waals surface area (Å²) in [7, 11) is -1.29. The number of hydrogen-bond donors (Lipinski definition) is 0. The van der Waals surface area contributed by atoms with Gasteiger partial charge in [0.1, 0.15) is 0 Å². The fourth-order valence-electron chi connectivity index (χ4n) is 2.32. The van der Waals surface area contributed by atoms with E-state index in [1.54, 1.807) is 13.2 Å². The van der Waals surface area contributed by atoms with E-state index in [0.717, 1.165) is 25.7 Å². The fourth-order valence-corrected chi connectivity index (χ4v) is 3.49. The molecule has 0 saturated heterocycles. The average molecular weight is 246 g/mol. The van der Waals surface area contributed by atoms with Gasteiger partial charge in [-0.3, -0.25) is 0 Å². The molecule has 1 fully saturated rings. The Kier molecular flexibility index (Phi) is 3.66. The second kappa shape index (κ2) is 4.85. The van der Waals surface area contributed by atoms with Crippen LogP contribution in [0.2, 0.25) is 0 Å². The van der Waals surface area contributed by atoms with Crippen molar-refractivity contribution in [3.8, 4) is 0 Å². The Morgan fingerprint density at radius 3 is 2.62 bits per heavy atom. The van der Waals surface area contributed by atoms with E-state index in [0.29, 0.717) is 0 Å². The van der Waals surface area contributed by atoms with Gasteiger partial charge in [-0.2, -0.15) is 0 Å². The monoisotopic (exact) mass is 246 g/mol. The van der Waals surface area contributed by atoms with Crippen molar-refractivity contribution in [2.75, 3.05) is 12.9 Å². The molecule has 0 aromatic carbocycles. The van der Waals surface area contributed by atoms with E-state index >= 15 is 0 Å². The minimum Gasteiger partial charge on any atom is -0.381 e. The summed E-state index contributed by atoms with van der Waals surface area (Å²) in [6.45, 7) is 0. The van der Waals surface area contributed by atoms with E-state index in [9.17, 15) is 8.42 Å². The molecule has 1 aliphatic heterocycles. The van der Waals surface area contributed by atoms with E-state index in [-0.39, 0.29) is 24.1 Å². The first-order chi connectivity index (χ1) is 7.59. The number of rotatable bonds is 3. The Hall–Kier alpha value is -0.390. The van der Waals surface area contributed by atoms with Gasteiger partial charge in [-0.25, -0.2) is 8.42 Å². The molecular weight excluding hydrogens is 228 g/mol. The van der Waals surface area contributed by atoms with Crippen LogP contribution in [0.4, 0.5) is 0 Å². The third-order valence-corrected chi connectivity index (χ3v) is 4.54. The Labute approximate surface area is 96.5 Å². The first-order valence-corrected chi connectivity index (χ1v) is 7.40. The SMILES string of the molecule is COC1CCCC(OC2C=CS(=O)(=O)C2)C1. The molecule has 5 heteroatoms. The van der Waals surface area contributed by atoms with Gasteiger partial charge in [-0.15, -0.1) is 0 Å². The van der Waals surface area contributed by atoms with Crippen LogP contribution in [-0.2, 0) is 19.3 Å². The van der Waals surface area contributed by atoms with Gasteiger partial charge in [-0.1, -0.05) is 0 Å². The zero-order valence-electron chi connectivity index (χ0n) is 9.46. The molecule has 92 valence electrons. The van der Waals surface area contributed by atoms with Gasteiger partial charge in [0.15, 0.2) is 9.84 Å². The maximum absolute atomic E-state index is 11.2. The Morgan fingerprint density at radius 2 is 2.00 bits per heavy atom. The van der Waals surface area contributed by atoms with Crippen LogP contribution in [0.1, 0.15) is 25.7 Å². The van der Waals surface area contributed by atoms with Gasteiger partial charge in [0.05, 0.1) is 24.1 Å². The molecule has 0 bridgehead atoms. The normalized spacial score (nSPS) is 37.7. The summed E-state index contributed by atoms with van der Waals surface area (Å²) in [5.74, 6) is 0.0984. The molecule has 2 rings (SSSR count). The highest BCUT2D eigenvalue weighted by molar-refractivity contribution is 7.94. The van der Waals surface area contributed by atoms with Gasteiger partial charge in [0.25, 0.3) is 0 Å². The summed E-state index contributed by atoms with van der Waals surface area (Å²) in [5.41, 5.74) is 0. The van der Waals surface area contributed by atoms with Gasteiger partial charge >= 0.3 is 0 Å². The molecule has 3 unspecified atom stereocenters. The quantitative estimate of drug-likeness (QED) is 0.752. The molecule has 0 amide bonds. The third-order valence-electron chi connectivity index (χ3n) is 3.18. The number of ether oxygens (including phenoxy) is 2. The van der Waals surface area contributed by atoms with Crippen LogP contribution in [-0.4, -0.2) is 39.6 Å². The smallest absolute Gasteiger partial charge is 0.174 e. The highest BCUT2D eigenvalue weighted by Gasteiger charge is 2.28. The molecule has 0 aromatic heterocycles. The van der Waals surface area contributed by atoms with Crippen molar-refractivity contribution in [1.29, 1.82) is 0 Å². The van der Waals surface area contributed by atoms with Crippen LogP contribution in [0.15, 0.2) is 11.5 Å². The van der Waals surface area contributed by atoms with Crippen LogP contribution < -0.4 is 0 Å². The molecule has 0 N–H and O–H groups in total. The number of hydrogen-bond acceptors (Lipinski definition) is 4. The van der Waals surface area contributed by atoms with Crippen molar-refractivity contribution in [3.05, 3.63) is 11.5 Å². The predicted octanol–water partition coefficient (Wildman–Crippen LogP) is 1.27. The Balaban J connectivity index is 1.84. The van der Waals surface area contributed by atoms with Gasteiger partial charge < -0.3 is 9.47 Å². The summed E-state index contributed by atoms with van der Waals surface area (Å²) < 4.78 is 33.5. The molecule has 2 aliphatic rings. The summed E-state index contributed by atoms with van der Waals surface area (Å²) in [6.07, 6.45) is 5.84. The lowest BCUT2D eigenvalue weighted by atomic mass is 9.95. The maximum Gasteiger partial charge on any atom is 0.174 e. The van der Waals surface area contributed by atoms with Gasteiger partial charge in [-0.05, 0) is 31.8 Å². The molecule has 4 nitrogen and oxygen atoms in total. The lowest BCUT2D eigenvalue weighted by Crippen LogP contribution is -2.31. The topological polar surface area (TPSA) is 52.6 Å². The molecule has 1 heterocycles. The first-order valence-electron chi connectivity index (χ1n) is 5.68. The molecular formula is C11H18O4S. The van der Waals surface area contributed by atoms with Crippen molar-refractivity contribution in [3.63, 3.8) is 0 Å². The molecule has 3 atom stereocenters. The highest BCUT2D eigenvalue weighted by atomic mass is 32.2. The van der Waals surface area contributed by atoms with Crippen LogP contribution in [0, 0.1) is 0 Å². The van der Waals surface area contributed by atoms with E-state index < -0.39 is 9.84 Å². The highest BCUT2D eigenvalue weighted by Crippen LogP contribution is 2.25. The molecule has 0 spiro atoms. The summed E-state index contributed by atoms with van der Waals surface area (Å²) in [5, 5.41) is 1.26. The van der Waals surface area contributed by atoms with Crippen LogP contribution in [0.5, 0.6) is 0 Å². The zero-order chi connectivity index (χ0) is 11.6. The molecule has 0 radical (unpaired) electrons. The largest absolute Gasteiger partial charge is 0.381 e. The average Bonchev–Trinajstić information content (AvgIpc) is 2.58. The van der Waals surface area contributed by atoms with Crippen LogP contribution in [0.25, 0.3) is 0 Å². The molecule has 1 aliphatic carbocycles. The fraction of sp³-hybridized carbons (Fsp3) is 0.818.